The van der Waals surface area contributed by atoms with E-state index in [1.807, 2.05) is 13.0 Å². The van der Waals surface area contributed by atoms with Crippen molar-refractivity contribution in [1.29, 1.82) is 0 Å². The van der Waals surface area contributed by atoms with Crippen molar-refractivity contribution in [2.75, 3.05) is 20.3 Å². The van der Waals surface area contributed by atoms with Crippen LogP contribution in [-0.4, -0.2) is 34.7 Å². The summed E-state index contributed by atoms with van der Waals surface area (Å²) in [4.78, 5) is 32.2. The largest absolute Gasteiger partial charge is 0.497 e. The fourth-order valence-electron chi connectivity index (χ4n) is 3.74. The molecule has 0 aliphatic carbocycles. The van der Waals surface area contributed by atoms with E-state index in [0.29, 0.717) is 58.9 Å². The van der Waals surface area contributed by atoms with E-state index in [-0.39, 0.29) is 5.43 Å². The number of fused-ring (bicyclic) bond motifs is 3. The highest BCUT2D eigenvalue weighted by Gasteiger charge is 2.26. The van der Waals surface area contributed by atoms with Crippen molar-refractivity contribution in [3.63, 3.8) is 0 Å². The van der Waals surface area contributed by atoms with Crippen molar-refractivity contribution in [2.24, 2.45) is 0 Å². The molecule has 3 aromatic rings. The van der Waals surface area contributed by atoms with E-state index in [0.717, 1.165) is 12.0 Å². The maximum atomic E-state index is 13.6. The molecule has 0 bridgehead atoms. The number of nitrogens with zero attached hydrogens (tertiary/aromatic N) is 1. The zero-order valence-corrected chi connectivity index (χ0v) is 18.6. The number of ether oxygens (including phenoxy) is 3. The first-order valence-electron chi connectivity index (χ1n) is 10.2. The molecule has 4 rings (SSSR count). The van der Waals surface area contributed by atoms with E-state index in [9.17, 15) is 19.1 Å². The van der Waals surface area contributed by atoms with Crippen LogP contribution < -0.4 is 19.6 Å². The Labute approximate surface area is 184 Å². The standard InChI is InChI=1S/C22H24NO8P/c1-3-9-29-18-11-15-8-10-30-22(15)19-20(18)23(13-31-32(25,26)27)12-17(21(19)24)14-4-6-16(28-2)7-5-14/h4-7,11-12H,3,8-10,13H2,1-2H3,(H2,25,26,27). The number of phosphoric acid groups is 1. The van der Waals surface area contributed by atoms with E-state index in [4.69, 9.17) is 18.7 Å². The van der Waals surface area contributed by atoms with Crippen molar-refractivity contribution in [1.82, 2.24) is 4.57 Å². The Balaban J connectivity index is 2.00. The number of rotatable bonds is 8. The van der Waals surface area contributed by atoms with E-state index in [2.05, 4.69) is 0 Å². The second-order valence-electron chi connectivity index (χ2n) is 7.35. The van der Waals surface area contributed by atoms with Crippen molar-refractivity contribution >= 4 is 18.7 Å². The number of benzene rings is 2. The Hall–Kier alpha value is -2.84. The predicted molar refractivity (Wildman–Crippen MR) is 118 cm³/mol. The van der Waals surface area contributed by atoms with Crippen LogP contribution in [0.3, 0.4) is 0 Å². The molecule has 9 nitrogen and oxygen atoms in total. The minimum Gasteiger partial charge on any atom is -0.497 e. The van der Waals surface area contributed by atoms with E-state index >= 15 is 0 Å². The highest BCUT2D eigenvalue weighted by molar-refractivity contribution is 7.46. The van der Waals surface area contributed by atoms with Crippen molar-refractivity contribution in [2.45, 2.75) is 26.5 Å². The van der Waals surface area contributed by atoms with E-state index in [1.54, 1.807) is 31.4 Å². The number of methoxy groups -OCH3 is 1. The van der Waals surface area contributed by atoms with Gasteiger partial charge in [0.2, 0.25) is 5.43 Å². The molecule has 0 unspecified atom stereocenters. The molecule has 170 valence electrons. The lowest BCUT2D eigenvalue weighted by molar-refractivity contribution is 0.155. The molecular formula is C22H24NO8P. The van der Waals surface area contributed by atoms with Gasteiger partial charge in [0.15, 0.2) is 0 Å². The summed E-state index contributed by atoms with van der Waals surface area (Å²) in [6.45, 7) is 2.34. The van der Waals surface area contributed by atoms with Gasteiger partial charge >= 0.3 is 7.82 Å². The fraction of sp³-hybridized carbons (Fsp3) is 0.318. The molecule has 0 saturated heterocycles. The molecule has 2 aromatic carbocycles. The summed E-state index contributed by atoms with van der Waals surface area (Å²) >= 11 is 0. The molecule has 0 atom stereocenters. The van der Waals surface area contributed by atoms with Gasteiger partial charge in [0.1, 0.15) is 29.5 Å². The topological polar surface area (TPSA) is 116 Å². The number of hydrogen-bond donors (Lipinski definition) is 2. The van der Waals surface area contributed by atoms with Crippen LogP contribution in [0.25, 0.3) is 22.0 Å². The Morgan fingerprint density at radius 1 is 1.22 bits per heavy atom. The van der Waals surface area contributed by atoms with Gasteiger partial charge in [0.25, 0.3) is 0 Å². The molecular weight excluding hydrogens is 437 g/mol. The molecule has 1 aliphatic rings. The van der Waals surface area contributed by atoms with Crippen molar-refractivity contribution in [3.8, 4) is 28.4 Å². The molecule has 0 fully saturated rings. The quantitative estimate of drug-likeness (QED) is 0.490. The van der Waals surface area contributed by atoms with Crippen LogP contribution in [-0.2, 0) is 22.2 Å². The third-order valence-corrected chi connectivity index (χ3v) is 5.64. The van der Waals surface area contributed by atoms with Gasteiger partial charge in [-0.3, -0.25) is 9.32 Å². The molecule has 1 aromatic heterocycles. The summed E-state index contributed by atoms with van der Waals surface area (Å²) in [6.07, 6.45) is 2.91. The van der Waals surface area contributed by atoms with Crippen LogP contribution in [0.1, 0.15) is 18.9 Å². The zero-order valence-electron chi connectivity index (χ0n) is 17.7. The van der Waals surface area contributed by atoms with Crippen molar-refractivity contribution in [3.05, 3.63) is 52.3 Å². The molecule has 2 N–H and O–H groups in total. The Morgan fingerprint density at radius 3 is 2.62 bits per heavy atom. The van der Waals surface area contributed by atoms with Gasteiger partial charge < -0.3 is 28.6 Å². The van der Waals surface area contributed by atoms with Crippen LogP contribution in [0, 0.1) is 0 Å². The summed E-state index contributed by atoms with van der Waals surface area (Å²) in [5, 5.41) is 0.300. The molecule has 2 heterocycles. The predicted octanol–water partition coefficient (Wildman–Crippen LogP) is 3.47. The normalized spacial score (nSPS) is 13.1. The summed E-state index contributed by atoms with van der Waals surface area (Å²) in [7, 11) is -3.21. The van der Waals surface area contributed by atoms with Gasteiger partial charge in [0, 0.05) is 23.7 Å². The SMILES string of the molecule is CCCOc1cc2c(c3c(=O)c(-c4ccc(OC)cc4)cn(COP(=O)(O)O)c13)OCC2. The second-order valence-corrected chi connectivity index (χ2v) is 8.59. The number of phosphoric ester groups is 1. The number of aromatic nitrogens is 1. The van der Waals surface area contributed by atoms with Crippen LogP contribution >= 0.6 is 7.82 Å². The van der Waals surface area contributed by atoms with Crippen LogP contribution in [0.5, 0.6) is 17.2 Å². The highest BCUT2D eigenvalue weighted by Crippen LogP contribution is 2.41. The Morgan fingerprint density at radius 2 is 1.97 bits per heavy atom. The molecule has 0 amide bonds. The zero-order chi connectivity index (χ0) is 22.9. The maximum Gasteiger partial charge on any atom is 0.471 e. The Kier molecular flexibility index (Phi) is 6.26. The monoisotopic (exact) mass is 461 g/mol. The summed E-state index contributed by atoms with van der Waals surface area (Å²) in [5.74, 6) is 1.55. The summed E-state index contributed by atoms with van der Waals surface area (Å²) in [5.41, 5.74) is 1.91. The van der Waals surface area contributed by atoms with Crippen LogP contribution in [0.4, 0.5) is 0 Å². The van der Waals surface area contributed by atoms with Gasteiger partial charge in [-0.05, 0) is 30.2 Å². The molecule has 0 spiro atoms. The number of hydrogen-bond acceptors (Lipinski definition) is 6. The van der Waals surface area contributed by atoms with Gasteiger partial charge in [0.05, 0.1) is 25.7 Å². The van der Waals surface area contributed by atoms with Gasteiger partial charge in [-0.25, -0.2) is 4.57 Å². The van der Waals surface area contributed by atoms with Crippen LogP contribution in [0.2, 0.25) is 0 Å². The second kappa shape index (κ2) is 8.96. The fourth-order valence-corrected chi connectivity index (χ4v) is 4.02. The minimum atomic E-state index is -4.76. The maximum absolute atomic E-state index is 13.6. The lowest BCUT2D eigenvalue weighted by Crippen LogP contribution is -2.15. The molecule has 32 heavy (non-hydrogen) atoms. The third-order valence-electron chi connectivity index (χ3n) is 5.18. The smallest absolute Gasteiger partial charge is 0.471 e. The first-order valence-corrected chi connectivity index (χ1v) is 11.7. The van der Waals surface area contributed by atoms with Crippen molar-refractivity contribution < 1.29 is 33.1 Å². The molecule has 10 heteroatoms. The van der Waals surface area contributed by atoms with Gasteiger partial charge in [-0.1, -0.05) is 19.1 Å². The van der Waals surface area contributed by atoms with Crippen LogP contribution in [0.15, 0.2) is 41.3 Å². The average Bonchev–Trinajstić information content (AvgIpc) is 3.24. The summed E-state index contributed by atoms with van der Waals surface area (Å²) in [6, 6.07) is 8.78. The first-order chi connectivity index (χ1) is 15.3. The van der Waals surface area contributed by atoms with E-state index in [1.165, 1.54) is 10.8 Å². The Bertz CT molecular complexity index is 1250. The van der Waals surface area contributed by atoms with E-state index < -0.39 is 14.6 Å². The molecule has 1 aliphatic heterocycles. The average molecular weight is 461 g/mol. The molecule has 0 radical (unpaired) electrons. The highest BCUT2D eigenvalue weighted by atomic mass is 31.2. The lowest BCUT2D eigenvalue weighted by atomic mass is 10.0. The van der Waals surface area contributed by atoms with Gasteiger partial charge in [-0.2, -0.15) is 0 Å². The lowest BCUT2D eigenvalue weighted by Gasteiger charge is -2.19. The minimum absolute atomic E-state index is 0.266. The third kappa shape index (κ3) is 4.38. The number of pyridine rings is 1. The molecule has 0 saturated carbocycles. The van der Waals surface area contributed by atoms with Gasteiger partial charge in [-0.15, -0.1) is 0 Å². The summed E-state index contributed by atoms with van der Waals surface area (Å²) < 4.78 is 34.6. The first kappa shape index (κ1) is 22.4.